The van der Waals surface area contributed by atoms with Crippen LogP contribution in [0, 0.1) is 0 Å². The quantitative estimate of drug-likeness (QED) is 0.646. The van der Waals surface area contributed by atoms with E-state index in [9.17, 15) is 9.59 Å². The van der Waals surface area contributed by atoms with Gasteiger partial charge in [-0.05, 0) is 18.1 Å². The predicted octanol–water partition coefficient (Wildman–Crippen LogP) is 2.81. The number of esters is 1. The molecule has 124 valence electrons. The van der Waals surface area contributed by atoms with Gasteiger partial charge in [-0.2, -0.15) is 0 Å². The number of benzene rings is 1. The summed E-state index contributed by atoms with van der Waals surface area (Å²) < 4.78 is 6.52. The highest BCUT2D eigenvalue weighted by atomic mass is 32.1. The SMILES string of the molecule is CCc1cc2c(=O)n(CC(=O)OCCc3ccccc3)cnc2s1. The van der Waals surface area contributed by atoms with Crippen LogP contribution >= 0.6 is 11.3 Å². The van der Waals surface area contributed by atoms with Gasteiger partial charge in [-0.25, -0.2) is 4.98 Å². The number of fused-ring (bicyclic) bond motifs is 1. The summed E-state index contributed by atoms with van der Waals surface area (Å²) in [6.45, 7) is 2.22. The highest BCUT2D eigenvalue weighted by Crippen LogP contribution is 2.20. The van der Waals surface area contributed by atoms with Crippen molar-refractivity contribution >= 4 is 27.5 Å². The van der Waals surface area contributed by atoms with E-state index in [1.807, 2.05) is 43.3 Å². The fraction of sp³-hybridized carbons (Fsp3) is 0.278. The third-order valence-electron chi connectivity index (χ3n) is 3.71. The molecule has 0 saturated heterocycles. The first kappa shape index (κ1) is 16.4. The maximum atomic E-state index is 12.4. The van der Waals surface area contributed by atoms with Crippen molar-refractivity contribution in [2.75, 3.05) is 6.61 Å². The average Bonchev–Trinajstić information content (AvgIpc) is 3.03. The molecule has 3 aromatic rings. The summed E-state index contributed by atoms with van der Waals surface area (Å²) in [5.41, 5.74) is 0.909. The molecule has 0 atom stereocenters. The number of carbonyl (C=O) groups is 1. The van der Waals surface area contributed by atoms with E-state index in [1.54, 1.807) is 0 Å². The summed E-state index contributed by atoms with van der Waals surface area (Å²) in [4.78, 5) is 30.4. The molecule has 0 bridgehead atoms. The monoisotopic (exact) mass is 342 g/mol. The number of ether oxygens (including phenoxy) is 1. The van der Waals surface area contributed by atoms with Gasteiger partial charge in [-0.3, -0.25) is 14.2 Å². The summed E-state index contributed by atoms with van der Waals surface area (Å²) in [6.07, 6.45) is 2.93. The maximum Gasteiger partial charge on any atom is 0.326 e. The fourth-order valence-electron chi connectivity index (χ4n) is 2.41. The maximum absolute atomic E-state index is 12.4. The van der Waals surface area contributed by atoms with Crippen molar-refractivity contribution in [3.05, 3.63) is 63.5 Å². The largest absolute Gasteiger partial charge is 0.464 e. The molecule has 6 heteroatoms. The minimum absolute atomic E-state index is 0.117. The zero-order valence-electron chi connectivity index (χ0n) is 13.4. The van der Waals surface area contributed by atoms with Gasteiger partial charge in [-0.15, -0.1) is 11.3 Å². The smallest absolute Gasteiger partial charge is 0.326 e. The molecular formula is C18H18N2O3S. The van der Waals surface area contributed by atoms with Crippen molar-refractivity contribution in [1.29, 1.82) is 0 Å². The Morgan fingerprint density at radius 2 is 2.08 bits per heavy atom. The van der Waals surface area contributed by atoms with Crippen molar-refractivity contribution in [3.63, 3.8) is 0 Å². The van der Waals surface area contributed by atoms with Crippen LogP contribution in [-0.2, 0) is 28.9 Å². The van der Waals surface area contributed by atoms with Gasteiger partial charge < -0.3 is 4.74 Å². The van der Waals surface area contributed by atoms with Crippen LogP contribution in [0.25, 0.3) is 10.2 Å². The molecule has 0 saturated carbocycles. The van der Waals surface area contributed by atoms with E-state index in [0.29, 0.717) is 23.2 Å². The van der Waals surface area contributed by atoms with Crippen LogP contribution in [0.15, 0.2) is 47.5 Å². The molecule has 0 aliphatic heterocycles. The molecule has 0 spiro atoms. The van der Waals surface area contributed by atoms with Gasteiger partial charge in [0.1, 0.15) is 11.4 Å². The highest BCUT2D eigenvalue weighted by molar-refractivity contribution is 7.18. The zero-order chi connectivity index (χ0) is 16.9. The molecule has 0 amide bonds. The number of aromatic nitrogens is 2. The molecule has 0 aliphatic carbocycles. The number of nitrogens with zero attached hydrogens (tertiary/aromatic N) is 2. The van der Waals surface area contributed by atoms with Crippen LogP contribution in [0.3, 0.4) is 0 Å². The molecule has 3 rings (SSSR count). The van der Waals surface area contributed by atoms with Crippen LogP contribution in [0.2, 0.25) is 0 Å². The first-order chi connectivity index (χ1) is 11.7. The minimum atomic E-state index is -0.430. The highest BCUT2D eigenvalue weighted by Gasteiger charge is 2.11. The van der Waals surface area contributed by atoms with E-state index in [4.69, 9.17) is 4.74 Å². The first-order valence-corrected chi connectivity index (χ1v) is 8.66. The van der Waals surface area contributed by atoms with E-state index in [0.717, 1.165) is 16.9 Å². The predicted molar refractivity (Wildman–Crippen MR) is 94.4 cm³/mol. The Balaban J connectivity index is 1.63. The second-order valence-electron chi connectivity index (χ2n) is 5.42. The Morgan fingerprint density at radius 3 is 2.83 bits per heavy atom. The molecule has 24 heavy (non-hydrogen) atoms. The summed E-state index contributed by atoms with van der Waals surface area (Å²) in [5.74, 6) is -0.430. The lowest BCUT2D eigenvalue weighted by Crippen LogP contribution is -2.25. The third-order valence-corrected chi connectivity index (χ3v) is 4.90. The normalized spacial score (nSPS) is 10.9. The lowest BCUT2D eigenvalue weighted by atomic mass is 10.2. The Labute approximate surface area is 143 Å². The molecule has 2 aromatic heterocycles. The van der Waals surface area contributed by atoms with E-state index in [1.165, 1.54) is 22.2 Å². The van der Waals surface area contributed by atoms with E-state index >= 15 is 0 Å². The standard InChI is InChI=1S/C18H18N2O3S/c1-2-14-10-15-17(24-14)19-12-20(18(15)22)11-16(21)23-9-8-13-6-4-3-5-7-13/h3-7,10,12H,2,8-9,11H2,1H3. The molecule has 0 fully saturated rings. The summed E-state index contributed by atoms with van der Waals surface area (Å²) in [6, 6.07) is 11.7. The lowest BCUT2D eigenvalue weighted by molar-refractivity contribution is -0.144. The number of thiophene rings is 1. The summed E-state index contributed by atoms with van der Waals surface area (Å²) >= 11 is 1.51. The topological polar surface area (TPSA) is 61.2 Å². The zero-order valence-corrected chi connectivity index (χ0v) is 14.2. The van der Waals surface area contributed by atoms with Crippen LogP contribution in [0.1, 0.15) is 17.4 Å². The molecule has 2 heterocycles. The number of hydrogen-bond donors (Lipinski definition) is 0. The van der Waals surface area contributed by atoms with Gasteiger partial charge in [0.15, 0.2) is 0 Å². The molecule has 0 unspecified atom stereocenters. The van der Waals surface area contributed by atoms with Crippen molar-refractivity contribution in [2.45, 2.75) is 26.3 Å². The number of aryl methyl sites for hydroxylation is 1. The molecule has 5 nitrogen and oxygen atoms in total. The van der Waals surface area contributed by atoms with Crippen molar-refractivity contribution in [1.82, 2.24) is 9.55 Å². The van der Waals surface area contributed by atoms with Gasteiger partial charge in [0.25, 0.3) is 5.56 Å². The Kier molecular flexibility index (Phi) is 5.05. The average molecular weight is 342 g/mol. The van der Waals surface area contributed by atoms with Crippen LogP contribution < -0.4 is 5.56 Å². The van der Waals surface area contributed by atoms with E-state index < -0.39 is 5.97 Å². The van der Waals surface area contributed by atoms with Crippen LogP contribution in [0.4, 0.5) is 0 Å². The molecule has 1 aromatic carbocycles. The lowest BCUT2D eigenvalue weighted by Gasteiger charge is -2.06. The molecular weight excluding hydrogens is 324 g/mol. The van der Waals surface area contributed by atoms with E-state index in [2.05, 4.69) is 4.98 Å². The molecule has 0 N–H and O–H groups in total. The number of rotatable bonds is 6. The molecule has 0 aliphatic rings. The van der Waals surface area contributed by atoms with Gasteiger partial charge in [-0.1, -0.05) is 37.3 Å². The summed E-state index contributed by atoms with van der Waals surface area (Å²) in [7, 11) is 0. The van der Waals surface area contributed by atoms with Gasteiger partial charge >= 0.3 is 5.97 Å². The van der Waals surface area contributed by atoms with Gasteiger partial charge in [0.05, 0.1) is 18.3 Å². The Morgan fingerprint density at radius 1 is 1.29 bits per heavy atom. The second-order valence-corrected chi connectivity index (χ2v) is 6.53. The van der Waals surface area contributed by atoms with Crippen molar-refractivity contribution in [3.8, 4) is 0 Å². The van der Waals surface area contributed by atoms with Gasteiger partial charge in [0, 0.05) is 11.3 Å². The minimum Gasteiger partial charge on any atom is -0.464 e. The van der Waals surface area contributed by atoms with Crippen LogP contribution in [-0.4, -0.2) is 22.1 Å². The van der Waals surface area contributed by atoms with Crippen molar-refractivity contribution < 1.29 is 9.53 Å². The third kappa shape index (κ3) is 3.71. The van der Waals surface area contributed by atoms with Crippen LogP contribution in [0.5, 0.6) is 0 Å². The first-order valence-electron chi connectivity index (χ1n) is 7.84. The van der Waals surface area contributed by atoms with E-state index in [-0.39, 0.29) is 12.1 Å². The fourth-order valence-corrected chi connectivity index (χ4v) is 3.33. The number of hydrogen-bond acceptors (Lipinski definition) is 5. The summed E-state index contributed by atoms with van der Waals surface area (Å²) in [5, 5.41) is 0.566. The molecule has 0 radical (unpaired) electrons. The number of carbonyl (C=O) groups excluding carboxylic acids is 1. The Hall–Kier alpha value is -2.47. The Bertz CT molecular complexity index is 900. The van der Waals surface area contributed by atoms with Crippen molar-refractivity contribution in [2.24, 2.45) is 0 Å². The van der Waals surface area contributed by atoms with Gasteiger partial charge in [0.2, 0.25) is 0 Å². The second kappa shape index (κ2) is 7.40.